The summed E-state index contributed by atoms with van der Waals surface area (Å²) < 4.78 is 27.1. The van der Waals surface area contributed by atoms with Crippen molar-refractivity contribution in [3.05, 3.63) is 12.4 Å². The number of hydrogen-bond donors (Lipinski definition) is 2. The summed E-state index contributed by atoms with van der Waals surface area (Å²) in [5, 5.41) is 2.75. The second-order valence-corrected chi connectivity index (χ2v) is 7.01. The van der Waals surface area contributed by atoms with Gasteiger partial charge < -0.3 is 10.2 Å². The van der Waals surface area contributed by atoms with Crippen LogP contribution in [0.5, 0.6) is 0 Å². The summed E-state index contributed by atoms with van der Waals surface area (Å²) in [7, 11) is 2.16. The SMILES string of the molecule is CNc1ncc(S(=O)(=O)NCC2CN(C)CCN2C)cn1. The lowest BCUT2D eigenvalue weighted by Crippen LogP contribution is -2.54. The Labute approximate surface area is 125 Å². The number of nitrogens with one attached hydrogen (secondary N) is 2. The molecule has 118 valence electrons. The van der Waals surface area contributed by atoms with Gasteiger partial charge in [0.15, 0.2) is 0 Å². The van der Waals surface area contributed by atoms with Crippen molar-refractivity contribution in [3.8, 4) is 0 Å². The highest BCUT2D eigenvalue weighted by molar-refractivity contribution is 7.89. The second kappa shape index (κ2) is 6.65. The fourth-order valence-corrected chi connectivity index (χ4v) is 3.16. The van der Waals surface area contributed by atoms with E-state index in [2.05, 4.69) is 29.8 Å². The van der Waals surface area contributed by atoms with Gasteiger partial charge in [-0.2, -0.15) is 0 Å². The maximum Gasteiger partial charge on any atom is 0.243 e. The van der Waals surface area contributed by atoms with Gasteiger partial charge in [-0.3, -0.25) is 4.90 Å². The van der Waals surface area contributed by atoms with Crippen LogP contribution in [-0.4, -0.2) is 81.5 Å². The van der Waals surface area contributed by atoms with Crippen molar-refractivity contribution in [1.29, 1.82) is 0 Å². The third-order valence-corrected chi connectivity index (χ3v) is 5.03. The minimum Gasteiger partial charge on any atom is -0.357 e. The third kappa shape index (κ3) is 4.10. The fraction of sp³-hybridized carbons (Fsp3) is 0.667. The van der Waals surface area contributed by atoms with E-state index in [0.29, 0.717) is 12.5 Å². The number of anilines is 1. The van der Waals surface area contributed by atoms with Gasteiger partial charge >= 0.3 is 0 Å². The van der Waals surface area contributed by atoms with E-state index in [1.165, 1.54) is 12.4 Å². The predicted molar refractivity (Wildman–Crippen MR) is 80.7 cm³/mol. The Kier molecular flexibility index (Phi) is 5.09. The summed E-state index contributed by atoms with van der Waals surface area (Å²) in [6.07, 6.45) is 2.61. The van der Waals surface area contributed by atoms with Gasteiger partial charge in [-0.1, -0.05) is 0 Å². The van der Waals surface area contributed by atoms with Crippen molar-refractivity contribution in [3.63, 3.8) is 0 Å². The van der Waals surface area contributed by atoms with Crippen molar-refractivity contribution in [2.75, 3.05) is 52.6 Å². The molecule has 0 bridgehead atoms. The Bertz CT molecular complexity index is 562. The Hall–Kier alpha value is -1.29. The van der Waals surface area contributed by atoms with Crippen LogP contribution < -0.4 is 10.0 Å². The zero-order chi connectivity index (χ0) is 15.5. The van der Waals surface area contributed by atoms with Crippen molar-refractivity contribution < 1.29 is 8.42 Å². The van der Waals surface area contributed by atoms with Gasteiger partial charge in [0.05, 0.1) is 12.4 Å². The van der Waals surface area contributed by atoms with Crippen LogP contribution in [0.2, 0.25) is 0 Å². The molecule has 0 saturated carbocycles. The number of nitrogens with zero attached hydrogens (tertiary/aromatic N) is 4. The quantitative estimate of drug-likeness (QED) is 0.723. The van der Waals surface area contributed by atoms with Crippen LogP contribution in [0.15, 0.2) is 17.3 Å². The first-order valence-corrected chi connectivity index (χ1v) is 8.29. The standard InChI is InChI=1S/C12H22N6O2S/c1-13-12-14-7-11(8-15-12)21(19,20)16-6-10-9-17(2)4-5-18(10)3/h7-8,10,16H,4-6,9H2,1-3H3,(H,13,14,15). The van der Waals surface area contributed by atoms with Gasteiger partial charge in [0.1, 0.15) is 4.90 Å². The molecule has 2 rings (SSSR count). The van der Waals surface area contributed by atoms with E-state index in [0.717, 1.165) is 19.6 Å². The van der Waals surface area contributed by atoms with Gasteiger partial charge in [-0.25, -0.2) is 23.1 Å². The number of hydrogen-bond acceptors (Lipinski definition) is 7. The lowest BCUT2D eigenvalue weighted by atomic mass is 10.2. The third-order valence-electron chi connectivity index (χ3n) is 3.65. The molecule has 1 aliphatic rings. The maximum absolute atomic E-state index is 12.2. The maximum atomic E-state index is 12.2. The summed E-state index contributed by atoms with van der Waals surface area (Å²) in [4.78, 5) is 12.3. The molecule has 1 atom stereocenters. The van der Waals surface area contributed by atoms with Crippen LogP contribution in [0.3, 0.4) is 0 Å². The number of sulfonamides is 1. The zero-order valence-corrected chi connectivity index (χ0v) is 13.4. The van der Waals surface area contributed by atoms with Gasteiger partial charge in [-0.05, 0) is 14.1 Å². The smallest absolute Gasteiger partial charge is 0.243 e. The molecule has 1 aliphatic heterocycles. The topological polar surface area (TPSA) is 90.5 Å². The zero-order valence-electron chi connectivity index (χ0n) is 12.6. The molecule has 2 N–H and O–H groups in total. The first-order valence-electron chi connectivity index (χ1n) is 6.80. The number of piperazine rings is 1. The van der Waals surface area contributed by atoms with Crippen molar-refractivity contribution in [2.45, 2.75) is 10.9 Å². The Balaban J connectivity index is 2.00. The second-order valence-electron chi connectivity index (χ2n) is 5.24. The Morgan fingerprint density at radius 1 is 1.29 bits per heavy atom. The number of aromatic nitrogens is 2. The van der Waals surface area contributed by atoms with E-state index in [4.69, 9.17) is 0 Å². The molecule has 1 fully saturated rings. The molecule has 0 amide bonds. The van der Waals surface area contributed by atoms with E-state index in [1.54, 1.807) is 7.05 Å². The molecular formula is C12H22N6O2S. The summed E-state index contributed by atoms with van der Waals surface area (Å²) in [6.45, 7) is 3.15. The van der Waals surface area contributed by atoms with E-state index in [1.807, 2.05) is 14.1 Å². The molecule has 1 saturated heterocycles. The number of likely N-dealkylation sites (N-methyl/N-ethyl adjacent to an activating group) is 2. The van der Waals surface area contributed by atoms with Crippen molar-refractivity contribution in [2.24, 2.45) is 0 Å². The fourth-order valence-electron chi connectivity index (χ4n) is 2.20. The lowest BCUT2D eigenvalue weighted by molar-refractivity contribution is 0.117. The summed E-state index contributed by atoms with van der Waals surface area (Å²) >= 11 is 0. The summed E-state index contributed by atoms with van der Waals surface area (Å²) in [5.74, 6) is 0.391. The molecule has 21 heavy (non-hydrogen) atoms. The van der Waals surface area contributed by atoms with Crippen LogP contribution >= 0.6 is 0 Å². The molecule has 1 unspecified atom stereocenters. The first-order chi connectivity index (χ1) is 9.92. The van der Waals surface area contributed by atoms with Crippen LogP contribution in [0.4, 0.5) is 5.95 Å². The van der Waals surface area contributed by atoms with Crippen LogP contribution in [0.1, 0.15) is 0 Å². The highest BCUT2D eigenvalue weighted by Gasteiger charge is 2.24. The van der Waals surface area contributed by atoms with Crippen LogP contribution in [0.25, 0.3) is 0 Å². The molecule has 8 nitrogen and oxygen atoms in total. The molecule has 2 heterocycles. The minimum absolute atomic E-state index is 0.0771. The van der Waals surface area contributed by atoms with E-state index in [-0.39, 0.29) is 10.9 Å². The molecule has 1 aromatic heterocycles. The molecular weight excluding hydrogens is 292 g/mol. The highest BCUT2D eigenvalue weighted by Crippen LogP contribution is 2.09. The minimum atomic E-state index is -3.57. The summed E-state index contributed by atoms with van der Waals surface area (Å²) in [6, 6.07) is 0.163. The normalized spacial score (nSPS) is 21.4. The predicted octanol–water partition coefficient (Wildman–Crippen LogP) is -0.958. The molecule has 1 aromatic rings. The molecule has 0 aliphatic carbocycles. The molecule has 0 spiro atoms. The lowest BCUT2D eigenvalue weighted by Gasteiger charge is -2.37. The van der Waals surface area contributed by atoms with Crippen LogP contribution in [-0.2, 0) is 10.0 Å². The van der Waals surface area contributed by atoms with Crippen LogP contribution in [0, 0.1) is 0 Å². The van der Waals surface area contributed by atoms with Gasteiger partial charge in [0, 0.05) is 39.3 Å². The Morgan fingerprint density at radius 3 is 2.57 bits per heavy atom. The average Bonchev–Trinajstić information content (AvgIpc) is 2.48. The van der Waals surface area contributed by atoms with E-state index >= 15 is 0 Å². The van der Waals surface area contributed by atoms with Crippen molar-refractivity contribution >= 4 is 16.0 Å². The number of rotatable bonds is 5. The van der Waals surface area contributed by atoms with Crippen molar-refractivity contribution in [1.82, 2.24) is 24.5 Å². The molecule has 9 heteroatoms. The molecule has 0 aromatic carbocycles. The monoisotopic (exact) mass is 314 g/mol. The van der Waals surface area contributed by atoms with Gasteiger partial charge in [0.25, 0.3) is 0 Å². The van der Waals surface area contributed by atoms with Gasteiger partial charge in [-0.15, -0.1) is 0 Å². The first kappa shape index (κ1) is 16.1. The largest absolute Gasteiger partial charge is 0.357 e. The molecule has 0 radical (unpaired) electrons. The highest BCUT2D eigenvalue weighted by atomic mass is 32.2. The van der Waals surface area contributed by atoms with E-state index < -0.39 is 10.0 Å². The van der Waals surface area contributed by atoms with E-state index in [9.17, 15) is 8.42 Å². The average molecular weight is 314 g/mol. The Morgan fingerprint density at radius 2 is 1.95 bits per heavy atom. The van der Waals surface area contributed by atoms with Gasteiger partial charge in [0.2, 0.25) is 16.0 Å². The summed E-state index contributed by atoms with van der Waals surface area (Å²) in [5.41, 5.74) is 0.